The number of halogens is 1. The van der Waals surface area contributed by atoms with Crippen molar-refractivity contribution in [1.29, 1.82) is 0 Å². The van der Waals surface area contributed by atoms with Gasteiger partial charge in [0, 0.05) is 44.8 Å². The van der Waals surface area contributed by atoms with E-state index < -0.39 is 23.8 Å². The predicted octanol–water partition coefficient (Wildman–Crippen LogP) is 3.25. The number of Topliss-reactive ketones (excluding diaryl/α,β-unsaturated/α-hetero) is 1. The molecular formula is C22H29ClN2O6. The molecule has 0 bridgehead atoms. The fourth-order valence-electron chi connectivity index (χ4n) is 3.69. The van der Waals surface area contributed by atoms with Crippen LogP contribution in [0.15, 0.2) is 24.3 Å². The van der Waals surface area contributed by atoms with Gasteiger partial charge >= 0.3 is 12.1 Å². The van der Waals surface area contributed by atoms with Crippen molar-refractivity contribution >= 4 is 35.4 Å². The number of rotatable bonds is 9. The lowest BCUT2D eigenvalue weighted by molar-refractivity contribution is -0.165. The number of ketones is 1. The first kappa shape index (κ1) is 24.7. The minimum Gasteiger partial charge on any atom is -0.425 e. The molecule has 0 radical (unpaired) electrons. The maximum Gasteiger partial charge on any atom is 0.410 e. The molecular weight excluding hydrogens is 424 g/mol. The van der Waals surface area contributed by atoms with Crippen LogP contribution in [0.4, 0.5) is 4.79 Å². The molecule has 31 heavy (non-hydrogen) atoms. The number of hydrogen-bond donors (Lipinski definition) is 2. The Morgan fingerprint density at radius 3 is 2.58 bits per heavy atom. The van der Waals surface area contributed by atoms with Crippen molar-refractivity contribution in [2.24, 2.45) is 0 Å². The number of carbonyl (C=O) groups excluding carboxylic acids is 4. The molecule has 2 atom stereocenters. The third-order valence-electron chi connectivity index (χ3n) is 5.22. The normalized spacial score (nSPS) is 19.3. The number of esters is 1. The molecule has 9 heteroatoms. The second-order valence-electron chi connectivity index (χ2n) is 7.60. The molecule has 1 aromatic carbocycles. The SMILES string of the molecule is CC(=O)NCCCC(=O)OC(C)OC(=O)NC[C@@]1(c2ccccc2Cl)CCCCC1=O. The molecule has 170 valence electrons. The van der Waals surface area contributed by atoms with E-state index in [0.29, 0.717) is 36.4 Å². The maximum atomic E-state index is 12.9. The number of alkyl carbamates (subject to hydrolysis) is 1. The van der Waals surface area contributed by atoms with Crippen LogP contribution in [0.1, 0.15) is 57.9 Å². The van der Waals surface area contributed by atoms with E-state index in [1.54, 1.807) is 12.1 Å². The van der Waals surface area contributed by atoms with Crippen molar-refractivity contribution < 1.29 is 28.7 Å². The van der Waals surface area contributed by atoms with Crippen molar-refractivity contribution in [1.82, 2.24) is 10.6 Å². The molecule has 1 aliphatic rings. The lowest BCUT2D eigenvalue weighted by Crippen LogP contribution is -2.49. The summed E-state index contributed by atoms with van der Waals surface area (Å²) in [6.45, 7) is 3.23. The fraction of sp³-hybridized carbons (Fsp3) is 0.545. The summed E-state index contributed by atoms with van der Waals surface area (Å²) in [6, 6.07) is 7.15. The molecule has 0 heterocycles. The maximum absolute atomic E-state index is 12.9. The highest BCUT2D eigenvalue weighted by molar-refractivity contribution is 6.31. The summed E-state index contributed by atoms with van der Waals surface area (Å²) in [7, 11) is 0. The molecule has 1 unspecified atom stereocenters. The largest absolute Gasteiger partial charge is 0.425 e. The molecule has 0 aliphatic heterocycles. The lowest BCUT2D eigenvalue weighted by atomic mass is 9.68. The van der Waals surface area contributed by atoms with Crippen LogP contribution in [0.25, 0.3) is 0 Å². The highest BCUT2D eigenvalue weighted by Gasteiger charge is 2.43. The topological polar surface area (TPSA) is 111 Å². The van der Waals surface area contributed by atoms with Gasteiger partial charge in [0.05, 0.1) is 5.41 Å². The highest BCUT2D eigenvalue weighted by Crippen LogP contribution is 2.39. The number of amides is 2. The molecule has 2 amide bonds. The number of hydrogen-bond acceptors (Lipinski definition) is 6. The van der Waals surface area contributed by atoms with Gasteiger partial charge < -0.3 is 20.1 Å². The zero-order valence-corrected chi connectivity index (χ0v) is 18.6. The molecule has 1 fully saturated rings. The molecule has 2 N–H and O–H groups in total. The van der Waals surface area contributed by atoms with Gasteiger partial charge in [-0.25, -0.2) is 4.79 Å². The Bertz CT molecular complexity index is 815. The number of nitrogens with one attached hydrogen (secondary N) is 2. The quantitative estimate of drug-likeness (QED) is 0.338. The van der Waals surface area contributed by atoms with E-state index in [9.17, 15) is 19.2 Å². The van der Waals surface area contributed by atoms with Gasteiger partial charge in [0.25, 0.3) is 0 Å². The lowest BCUT2D eigenvalue weighted by Gasteiger charge is -2.36. The van der Waals surface area contributed by atoms with Crippen LogP contribution in [-0.4, -0.2) is 43.1 Å². The third-order valence-corrected chi connectivity index (χ3v) is 5.55. The minimum atomic E-state index is -1.09. The van der Waals surface area contributed by atoms with Crippen LogP contribution in [-0.2, 0) is 29.3 Å². The first-order valence-electron chi connectivity index (χ1n) is 10.4. The zero-order valence-electron chi connectivity index (χ0n) is 17.9. The Morgan fingerprint density at radius 1 is 1.16 bits per heavy atom. The average molecular weight is 453 g/mol. The van der Waals surface area contributed by atoms with Gasteiger partial charge in [0.15, 0.2) is 0 Å². The smallest absolute Gasteiger partial charge is 0.410 e. The second-order valence-corrected chi connectivity index (χ2v) is 8.00. The van der Waals surface area contributed by atoms with Gasteiger partial charge in [0.1, 0.15) is 5.78 Å². The minimum absolute atomic E-state index is 0.0331. The first-order chi connectivity index (χ1) is 14.7. The van der Waals surface area contributed by atoms with Gasteiger partial charge in [-0.05, 0) is 30.9 Å². The molecule has 8 nitrogen and oxygen atoms in total. The van der Waals surface area contributed by atoms with Crippen molar-refractivity contribution in [3.8, 4) is 0 Å². The number of benzene rings is 1. The van der Waals surface area contributed by atoms with Gasteiger partial charge in [-0.3, -0.25) is 14.4 Å². The molecule has 0 saturated heterocycles. The van der Waals surface area contributed by atoms with E-state index in [-0.39, 0.29) is 24.7 Å². The van der Waals surface area contributed by atoms with Crippen LogP contribution in [0.2, 0.25) is 5.02 Å². The summed E-state index contributed by atoms with van der Waals surface area (Å²) < 4.78 is 10.1. The Kier molecular flexibility index (Phi) is 9.30. The molecule has 1 aromatic rings. The Hall–Kier alpha value is -2.61. The van der Waals surface area contributed by atoms with Crippen LogP contribution in [0, 0.1) is 0 Å². The summed E-state index contributed by atoms with van der Waals surface area (Å²) in [4.78, 5) is 47.7. The van der Waals surface area contributed by atoms with Crippen molar-refractivity contribution in [2.75, 3.05) is 13.1 Å². The standard InChI is InChI=1S/C22H29ClN2O6/c1-15(26)24-13-7-11-20(28)30-16(2)31-21(29)25-14-22(12-6-5-10-19(22)27)17-8-3-4-9-18(17)23/h3-4,8-9,16H,5-7,10-14H2,1-2H3,(H,24,26)(H,25,29)/t16?,22-/m1/s1. The average Bonchev–Trinajstić information content (AvgIpc) is 2.71. The van der Waals surface area contributed by atoms with Gasteiger partial charge in [-0.1, -0.05) is 36.2 Å². The number of carbonyl (C=O) groups is 4. The van der Waals surface area contributed by atoms with Gasteiger partial charge in [-0.15, -0.1) is 0 Å². The Balaban J connectivity index is 1.89. The summed E-state index contributed by atoms with van der Waals surface area (Å²) in [5.41, 5.74) is -0.209. The Labute approximate surface area is 187 Å². The van der Waals surface area contributed by atoms with Crippen LogP contribution >= 0.6 is 11.6 Å². The van der Waals surface area contributed by atoms with Crippen LogP contribution in [0.5, 0.6) is 0 Å². The number of ether oxygens (including phenoxy) is 2. The molecule has 1 saturated carbocycles. The highest BCUT2D eigenvalue weighted by atomic mass is 35.5. The van der Waals surface area contributed by atoms with Crippen molar-refractivity contribution in [3.05, 3.63) is 34.9 Å². The summed E-state index contributed by atoms with van der Waals surface area (Å²) in [6.07, 6.45) is 1.28. The summed E-state index contributed by atoms with van der Waals surface area (Å²) >= 11 is 6.36. The van der Waals surface area contributed by atoms with Crippen LogP contribution < -0.4 is 10.6 Å². The van der Waals surface area contributed by atoms with E-state index in [1.165, 1.54) is 13.8 Å². The summed E-state index contributed by atoms with van der Waals surface area (Å²) in [5, 5.41) is 5.70. The zero-order chi connectivity index (χ0) is 22.9. The summed E-state index contributed by atoms with van der Waals surface area (Å²) in [5.74, 6) is -0.681. The molecule has 0 aromatic heterocycles. The first-order valence-corrected chi connectivity index (χ1v) is 10.8. The molecule has 2 rings (SSSR count). The Morgan fingerprint density at radius 2 is 1.90 bits per heavy atom. The van der Waals surface area contributed by atoms with E-state index in [1.807, 2.05) is 12.1 Å². The molecule has 1 aliphatic carbocycles. The van der Waals surface area contributed by atoms with E-state index in [4.69, 9.17) is 21.1 Å². The van der Waals surface area contributed by atoms with Crippen molar-refractivity contribution in [2.45, 2.75) is 64.1 Å². The van der Waals surface area contributed by atoms with E-state index in [0.717, 1.165) is 12.8 Å². The van der Waals surface area contributed by atoms with E-state index in [2.05, 4.69) is 10.6 Å². The fourth-order valence-corrected chi connectivity index (χ4v) is 4.00. The predicted molar refractivity (Wildman–Crippen MR) is 115 cm³/mol. The van der Waals surface area contributed by atoms with Crippen LogP contribution in [0.3, 0.4) is 0 Å². The molecule has 0 spiro atoms. The third kappa shape index (κ3) is 7.24. The van der Waals surface area contributed by atoms with Gasteiger partial charge in [-0.2, -0.15) is 0 Å². The second kappa shape index (κ2) is 11.7. The van der Waals surface area contributed by atoms with Crippen molar-refractivity contribution in [3.63, 3.8) is 0 Å². The monoisotopic (exact) mass is 452 g/mol. The van der Waals surface area contributed by atoms with Gasteiger partial charge in [0.2, 0.25) is 12.2 Å². The van der Waals surface area contributed by atoms with E-state index >= 15 is 0 Å².